The van der Waals surface area contributed by atoms with Gasteiger partial charge < -0.3 is 9.47 Å². The van der Waals surface area contributed by atoms with Crippen LogP contribution in [0.4, 0.5) is 0 Å². The zero-order valence-electron chi connectivity index (χ0n) is 14.3. The second kappa shape index (κ2) is 10.8. The molecule has 0 aliphatic carbocycles. The van der Waals surface area contributed by atoms with Crippen molar-refractivity contribution >= 4 is 23.4 Å². The van der Waals surface area contributed by atoms with E-state index < -0.39 is 0 Å². The molecule has 0 saturated carbocycles. The molecule has 0 N–H and O–H groups in total. The molecule has 24 heavy (non-hydrogen) atoms. The highest BCUT2D eigenvalue weighted by Gasteiger charge is 2.23. The number of rotatable bonds is 13. The van der Waals surface area contributed by atoms with Crippen LogP contribution in [0.5, 0.6) is 0 Å². The van der Waals surface area contributed by atoms with E-state index in [-0.39, 0.29) is 48.9 Å². The van der Waals surface area contributed by atoms with Crippen LogP contribution in [0.1, 0.15) is 33.1 Å². The van der Waals surface area contributed by atoms with Gasteiger partial charge in [0.05, 0.1) is 13.2 Å². The zero-order valence-corrected chi connectivity index (χ0v) is 14.3. The largest absolute Gasteiger partial charge is 0.379 e. The van der Waals surface area contributed by atoms with Crippen LogP contribution in [0.25, 0.3) is 0 Å². The second-order valence-electron chi connectivity index (χ2n) is 5.84. The van der Waals surface area contributed by atoms with E-state index in [4.69, 9.17) is 9.47 Å². The van der Waals surface area contributed by atoms with Gasteiger partial charge in [-0.2, -0.15) is 0 Å². The number of carbonyl (C=O) groups is 4. The fourth-order valence-corrected chi connectivity index (χ4v) is 1.94. The Morgan fingerprint density at radius 3 is 2.25 bits per heavy atom. The second-order valence-corrected chi connectivity index (χ2v) is 5.84. The molecule has 0 atom stereocenters. The quantitative estimate of drug-likeness (QED) is 0.366. The minimum atomic E-state index is -0.368. The third-order valence-electron chi connectivity index (χ3n) is 3.52. The van der Waals surface area contributed by atoms with Crippen LogP contribution >= 0.6 is 0 Å². The average molecular weight is 339 g/mol. The van der Waals surface area contributed by atoms with Crippen molar-refractivity contribution in [1.29, 1.82) is 0 Å². The molecule has 134 valence electrons. The molecule has 1 aliphatic rings. The lowest BCUT2D eigenvalue weighted by atomic mass is 10.1. The summed E-state index contributed by atoms with van der Waals surface area (Å²) in [7, 11) is 0. The van der Waals surface area contributed by atoms with E-state index >= 15 is 0 Å². The van der Waals surface area contributed by atoms with E-state index in [1.807, 2.05) is 13.8 Å². The Morgan fingerprint density at radius 1 is 1.00 bits per heavy atom. The number of hydrogen-bond acceptors (Lipinski definition) is 6. The molecule has 7 nitrogen and oxygen atoms in total. The molecular weight excluding hydrogens is 314 g/mol. The maximum absolute atomic E-state index is 11.7. The van der Waals surface area contributed by atoms with Crippen LogP contribution in [0.3, 0.4) is 0 Å². The molecule has 0 aromatic rings. The molecule has 7 heteroatoms. The average Bonchev–Trinajstić information content (AvgIpc) is 2.86. The highest BCUT2D eigenvalue weighted by atomic mass is 16.5. The van der Waals surface area contributed by atoms with Crippen LogP contribution in [0.15, 0.2) is 12.2 Å². The van der Waals surface area contributed by atoms with Gasteiger partial charge in [0, 0.05) is 44.1 Å². The van der Waals surface area contributed by atoms with Gasteiger partial charge in [0.1, 0.15) is 12.4 Å². The maximum Gasteiger partial charge on any atom is 0.253 e. The van der Waals surface area contributed by atoms with Gasteiger partial charge in [-0.1, -0.05) is 13.8 Å². The third kappa shape index (κ3) is 7.61. The smallest absolute Gasteiger partial charge is 0.253 e. The van der Waals surface area contributed by atoms with Gasteiger partial charge in [-0.15, -0.1) is 0 Å². The van der Waals surface area contributed by atoms with E-state index in [0.717, 1.165) is 4.90 Å². The van der Waals surface area contributed by atoms with Crippen LogP contribution < -0.4 is 0 Å². The molecule has 1 heterocycles. The summed E-state index contributed by atoms with van der Waals surface area (Å²) in [6, 6.07) is 0. The van der Waals surface area contributed by atoms with Crippen molar-refractivity contribution in [3.63, 3.8) is 0 Å². The fourth-order valence-electron chi connectivity index (χ4n) is 1.94. The van der Waals surface area contributed by atoms with Crippen molar-refractivity contribution in [1.82, 2.24) is 4.90 Å². The molecule has 0 spiro atoms. The molecule has 0 unspecified atom stereocenters. The molecule has 2 amide bonds. The lowest BCUT2D eigenvalue weighted by Crippen LogP contribution is -2.32. The van der Waals surface area contributed by atoms with Gasteiger partial charge in [-0.3, -0.25) is 24.1 Å². The van der Waals surface area contributed by atoms with E-state index in [1.54, 1.807) is 0 Å². The van der Waals surface area contributed by atoms with Gasteiger partial charge in [-0.25, -0.2) is 0 Å². The first-order valence-electron chi connectivity index (χ1n) is 8.15. The molecule has 0 radical (unpaired) electrons. The minimum Gasteiger partial charge on any atom is -0.379 e. The minimum absolute atomic E-state index is 0.00937. The summed E-state index contributed by atoms with van der Waals surface area (Å²) in [5.74, 6) is -0.714. The molecular formula is C17H25NO6. The molecule has 0 aromatic heterocycles. The first-order valence-corrected chi connectivity index (χ1v) is 8.15. The lowest BCUT2D eigenvalue weighted by molar-refractivity contribution is -0.137. The van der Waals surface area contributed by atoms with Crippen molar-refractivity contribution in [2.75, 3.05) is 33.0 Å². The molecule has 0 bridgehead atoms. The topological polar surface area (TPSA) is 90.0 Å². The first-order chi connectivity index (χ1) is 11.4. The summed E-state index contributed by atoms with van der Waals surface area (Å²) in [5.41, 5.74) is 0. The molecule has 1 rings (SSSR count). The SMILES string of the molecule is CC(C)C(=O)COCCOCCCC(=O)CCN1C(=O)C=CC1=O. The van der Waals surface area contributed by atoms with Crippen molar-refractivity contribution in [3.8, 4) is 0 Å². The number of ketones is 2. The van der Waals surface area contributed by atoms with E-state index in [1.165, 1.54) is 12.2 Å². The number of amides is 2. The van der Waals surface area contributed by atoms with Gasteiger partial charge in [0.2, 0.25) is 0 Å². The van der Waals surface area contributed by atoms with E-state index in [9.17, 15) is 19.2 Å². The molecule has 0 saturated heterocycles. The van der Waals surface area contributed by atoms with Crippen LogP contribution in [-0.2, 0) is 28.7 Å². The summed E-state index contributed by atoms with van der Waals surface area (Å²) >= 11 is 0. The standard InChI is InChI=1S/C17H25NO6/c1-13(2)15(20)12-24-11-10-23-9-3-4-14(19)7-8-18-16(21)5-6-17(18)22/h5-6,13H,3-4,7-12H2,1-2H3. The summed E-state index contributed by atoms with van der Waals surface area (Å²) in [6.07, 6.45) is 3.49. The molecule has 0 aromatic carbocycles. The van der Waals surface area contributed by atoms with Crippen molar-refractivity contribution in [3.05, 3.63) is 12.2 Å². The number of Topliss-reactive ketones (excluding diaryl/α,β-unsaturated/α-hetero) is 2. The Bertz CT molecular complexity index is 479. The number of carbonyl (C=O) groups excluding carboxylic acids is 4. The number of ether oxygens (including phenoxy) is 2. The zero-order chi connectivity index (χ0) is 17.9. The van der Waals surface area contributed by atoms with Gasteiger partial charge in [0.25, 0.3) is 11.8 Å². The van der Waals surface area contributed by atoms with Crippen molar-refractivity contribution < 1.29 is 28.7 Å². The fraction of sp³-hybridized carbons (Fsp3) is 0.647. The van der Waals surface area contributed by atoms with Gasteiger partial charge >= 0.3 is 0 Å². The Kier molecular flexibility index (Phi) is 9.11. The van der Waals surface area contributed by atoms with Gasteiger partial charge in [-0.05, 0) is 6.42 Å². The Morgan fingerprint density at radius 2 is 1.62 bits per heavy atom. The van der Waals surface area contributed by atoms with Crippen LogP contribution in [0, 0.1) is 5.92 Å². The highest BCUT2D eigenvalue weighted by Crippen LogP contribution is 2.06. The Balaban J connectivity index is 1.96. The maximum atomic E-state index is 11.7. The first kappa shape index (κ1) is 20.2. The highest BCUT2D eigenvalue weighted by molar-refractivity contribution is 6.13. The monoisotopic (exact) mass is 339 g/mol. The van der Waals surface area contributed by atoms with Crippen molar-refractivity contribution in [2.45, 2.75) is 33.1 Å². The number of nitrogens with zero attached hydrogens (tertiary/aromatic N) is 1. The normalized spacial score (nSPS) is 14.0. The molecule has 0 fully saturated rings. The Hall–Kier alpha value is -1.86. The Labute approximate surface area is 142 Å². The predicted molar refractivity (Wildman–Crippen MR) is 86.2 cm³/mol. The number of imide groups is 1. The summed E-state index contributed by atoms with van der Waals surface area (Å²) in [4.78, 5) is 46.7. The third-order valence-corrected chi connectivity index (χ3v) is 3.52. The van der Waals surface area contributed by atoms with Crippen LogP contribution in [0.2, 0.25) is 0 Å². The van der Waals surface area contributed by atoms with E-state index in [2.05, 4.69) is 0 Å². The predicted octanol–water partition coefficient (Wildman–Crippen LogP) is 0.909. The summed E-state index contributed by atoms with van der Waals surface area (Å²) in [6.45, 7) is 5.03. The van der Waals surface area contributed by atoms with Gasteiger partial charge in [0.15, 0.2) is 5.78 Å². The lowest BCUT2D eigenvalue weighted by Gasteiger charge is -2.12. The summed E-state index contributed by atoms with van der Waals surface area (Å²) < 4.78 is 10.5. The molecule has 1 aliphatic heterocycles. The summed E-state index contributed by atoms with van der Waals surface area (Å²) in [5, 5.41) is 0. The van der Waals surface area contributed by atoms with Crippen molar-refractivity contribution in [2.24, 2.45) is 5.92 Å². The van der Waals surface area contributed by atoms with E-state index in [0.29, 0.717) is 32.7 Å². The number of hydrogen-bond donors (Lipinski definition) is 0. The van der Waals surface area contributed by atoms with Crippen LogP contribution in [-0.4, -0.2) is 61.3 Å².